The van der Waals surface area contributed by atoms with Crippen LogP contribution in [-0.4, -0.2) is 20.6 Å². The standard InChI is InChI=1S/C18H21ClN2O3S/c1-11-5-7-15(12(2)9-11)13(3)20-18(22)14-6-8-17(16(19)10-14)21-25(4,23)24/h5-10,13,21H,1-4H3,(H,20,22)/t13-/m0/s1. The Bertz CT molecular complexity index is 911. The van der Waals surface area contributed by atoms with Crippen LogP contribution in [-0.2, 0) is 10.0 Å². The summed E-state index contributed by atoms with van der Waals surface area (Å²) >= 11 is 6.07. The Labute approximate surface area is 153 Å². The molecule has 0 aliphatic heterocycles. The van der Waals surface area contributed by atoms with Gasteiger partial charge < -0.3 is 5.32 Å². The van der Waals surface area contributed by atoms with Crippen molar-refractivity contribution in [2.45, 2.75) is 26.8 Å². The fraction of sp³-hybridized carbons (Fsp3) is 0.278. The van der Waals surface area contributed by atoms with Gasteiger partial charge in [0.25, 0.3) is 5.91 Å². The van der Waals surface area contributed by atoms with Crippen LogP contribution in [0.5, 0.6) is 0 Å². The van der Waals surface area contributed by atoms with Gasteiger partial charge in [-0.05, 0) is 50.1 Å². The van der Waals surface area contributed by atoms with Crippen molar-refractivity contribution in [2.75, 3.05) is 11.0 Å². The SMILES string of the molecule is Cc1ccc([C@H](C)NC(=O)c2ccc(NS(C)(=O)=O)c(Cl)c2)c(C)c1. The zero-order chi connectivity index (χ0) is 18.8. The van der Waals surface area contributed by atoms with E-state index in [1.54, 1.807) is 0 Å². The normalized spacial score (nSPS) is 12.5. The monoisotopic (exact) mass is 380 g/mol. The van der Waals surface area contributed by atoms with E-state index in [0.717, 1.165) is 17.4 Å². The van der Waals surface area contributed by atoms with Gasteiger partial charge in [-0.25, -0.2) is 8.42 Å². The van der Waals surface area contributed by atoms with Crippen LogP contribution in [0.25, 0.3) is 0 Å². The third-order valence-electron chi connectivity index (χ3n) is 3.77. The number of carbonyl (C=O) groups is 1. The lowest BCUT2D eigenvalue weighted by Gasteiger charge is -2.17. The smallest absolute Gasteiger partial charge is 0.251 e. The van der Waals surface area contributed by atoms with Crippen LogP contribution in [0.1, 0.15) is 40.0 Å². The van der Waals surface area contributed by atoms with Gasteiger partial charge in [0.05, 0.1) is 23.0 Å². The van der Waals surface area contributed by atoms with Crippen molar-refractivity contribution in [3.8, 4) is 0 Å². The Morgan fingerprint density at radius 1 is 1.12 bits per heavy atom. The van der Waals surface area contributed by atoms with Crippen LogP contribution >= 0.6 is 11.6 Å². The number of hydrogen-bond donors (Lipinski definition) is 2. The first-order chi connectivity index (χ1) is 11.6. The third kappa shape index (κ3) is 5.21. The zero-order valence-corrected chi connectivity index (χ0v) is 16.1. The number of amides is 1. The van der Waals surface area contributed by atoms with Gasteiger partial charge in [0, 0.05) is 5.56 Å². The molecule has 2 N–H and O–H groups in total. The predicted molar refractivity (Wildman–Crippen MR) is 102 cm³/mol. The Hall–Kier alpha value is -2.05. The van der Waals surface area contributed by atoms with Crippen LogP contribution in [0.15, 0.2) is 36.4 Å². The van der Waals surface area contributed by atoms with Crippen molar-refractivity contribution >= 4 is 33.2 Å². The van der Waals surface area contributed by atoms with Gasteiger partial charge in [0.1, 0.15) is 0 Å². The Morgan fingerprint density at radius 3 is 2.36 bits per heavy atom. The van der Waals surface area contributed by atoms with E-state index in [9.17, 15) is 13.2 Å². The molecular weight excluding hydrogens is 360 g/mol. The molecule has 1 atom stereocenters. The minimum atomic E-state index is -3.43. The van der Waals surface area contributed by atoms with Gasteiger partial charge in [0.2, 0.25) is 10.0 Å². The molecule has 2 aromatic carbocycles. The van der Waals surface area contributed by atoms with E-state index in [2.05, 4.69) is 16.1 Å². The zero-order valence-electron chi connectivity index (χ0n) is 14.6. The number of benzene rings is 2. The second-order valence-corrected chi connectivity index (χ2v) is 8.28. The molecule has 7 heteroatoms. The number of hydrogen-bond acceptors (Lipinski definition) is 3. The summed E-state index contributed by atoms with van der Waals surface area (Å²) in [6, 6.07) is 10.4. The van der Waals surface area contributed by atoms with Gasteiger partial charge in [-0.3, -0.25) is 9.52 Å². The average Bonchev–Trinajstić information content (AvgIpc) is 2.47. The molecule has 0 aromatic heterocycles. The molecule has 0 spiro atoms. The second kappa shape index (κ2) is 7.45. The van der Waals surface area contributed by atoms with Crippen molar-refractivity contribution in [3.05, 3.63) is 63.7 Å². The molecule has 2 rings (SSSR count). The number of halogens is 1. The van der Waals surface area contributed by atoms with Crippen molar-refractivity contribution < 1.29 is 13.2 Å². The summed E-state index contributed by atoms with van der Waals surface area (Å²) in [5, 5.41) is 3.10. The fourth-order valence-corrected chi connectivity index (χ4v) is 3.47. The van der Waals surface area contributed by atoms with Crippen molar-refractivity contribution in [1.29, 1.82) is 0 Å². The van der Waals surface area contributed by atoms with Crippen LogP contribution < -0.4 is 10.0 Å². The highest BCUT2D eigenvalue weighted by Gasteiger charge is 2.15. The largest absolute Gasteiger partial charge is 0.346 e. The average molecular weight is 381 g/mol. The van der Waals surface area contributed by atoms with Crippen molar-refractivity contribution in [2.24, 2.45) is 0 Å². The number of rotatable bonds is 5. The first kappa shape index (κ1) is 19.3. The number of carbonyl (C=O) groups excluding carboxylic acids is 1. The van der Waals surface area contributed by atoms with Crippen LogP contribution in [0.3, 0.4) is 0 Å². The molecule has 1 amide bonds. The third-order valence-corrected chi connectivity index (χ3v) is 4.67. The van der Waals surface area contributed by atoms with Gasteiger partial charge in [0.15, 0.2) is 0 Å². The van der Waals surface area contributed by atoms with Gasteiger partial charge >= 0.3 is 0 Å². The lowest BCUT2D eigenvalue weighted by atomic mass is 10.00. The Morgan fingerprint density at radius 2 is 1.80 bits per heavy atom. The summed E-state index contributed by atoms with van der Waals surface area (Å²) in [7, 11) is -3.43. The molecule has 5 nitrogen and oxygen atoms in total. The Balaban J connectivity index is 2.16. The Kier molecular flexibility index (Phi) is 5.75. The number of nitrogens with one attached hydrogen (secondary N) is 2. The quantitative estimate of drug-likeness (QED) is 0.827. The lowest BCUT2D eigenvalue weighted by Crippen LogP contribution is -2.27. The molecule has 134 valence electrons. The molecule has 0 bridgehead atoms. The minimum Gasteiger partial charge on any atom is -0.346 e. The van der Waals surface area contributed by atoms with Gasteiger partial charge in [-0.1, -0.05) is 35.4 Å². The molecule has 0 saturated carbocycles. The predicted octanol–water partition coefficient (Wildman–Crippen LogP) is 3.82. The van der Waals surface area contributed by atoms with E-state index in [1.807, 2.05) is 32.9 Å². The van der Waals surface area contributed by atoms with E-state index in [4.69, 9.17) is 11.6 Å². The highest BCUT2D eigenvalue weighted by Crippen LogP contribution is 2.25. The molecule has 0 saturated heterocycles. The first-order valence-electron chi connectivity index (χ1n) is 7.72. The highest BCUT2D eigenvalue weighted by atomic mass is 35.5. The van der Waals surface area contributed by atoms with Crippen molar-refractivity contribution in [1.82, 2.24) is 5.32 Å². The molecule has 0 unspecified atom stereocenters. The van der Waals surface area contributed by atoms with Gasteiger partial charge in [-0.2, -0.15) is 0 Å². The molecular formula is C18H21ClN2O3S. The second-order valence-electron chi connectivity index (χ2n) is 6.12. The van der Waals surface area contributed by atoms with Gasteiger partial charge in [-0.15, -0.1) is 0 Å². The maximum atomic E-state index is 12.4. The van der Waals surface area contributed by atoms with E-state index in [0.29, 0.717) is 5.56 Å². The van der Waals surface area contributed by atoms with Crippen LogP contribution in [0, 0.1) is 13.8 Å². The van der Waals surface area contributed by atoms with Crippen LogP contribution in [0.2, 0.25) is 5.02 Å². The molecule has 0 heterocycles. The fourth-order valence-electron chi connectivity index (χ4n) is 2.61. The topological polar surface area (TPSA) is 75.3 Å². The van der Waals surface area contributed by atoms with E-state index in [-0.39, 0.29) is 22.7 Å². The molecule has 0 radical (unpaired) electrons. The summed E-state index contributed by atoms with van der Waals surface area (Å²) < 4.78 is 24.9. The molecule has 0 fully saturated rings. The summed E-state index contributed by atoms with van der Waals surface area (Å²) in [5.74, 6) is -0.278. The van der Waals surface area contributed by atoms with E-state index in [1.165, 1.54) is 23.8 Å². The molecule has 0 aliphatic rings. The minimum absolute atomic E-state index is 0.164. The lowest BCUT2D eigenvalue weighted by molar-refractivity contribution is 0.0940. The van der Waals surface area contributed by atoms with Crippen molar-refractivity contribution in [3.63, 3.8) is 0 Å². The number of aryl methyl sites for hydroxylation is 2. The maximum absolute atomic E-state index is 12.4. The number of sulfonamides is 1. The maximum Gasteiger partial charge on any atom is 0.251 e. The first-order valence-corrected chi connectivity index (χ1v) is 9.99. The van der Waals surface area contributed by atoms with E-state index >= 15 is 0 Å². The number of anilines is 1. The summed E-state index contributed by atoms with van der Waals surface area (Å²) in [4.78, 5) is 12.4. The van der Waals surface area contributed by atoms with E-state index < -0.39 is 10.0 Å². The molecule has 0 aliphatic carbocycles. The highest BCUT2D eigenvalue weighted by molar-refractivity contribution is 7.92. The summed E-state index contributed by atoms with van der Waals surface area (Å²) in [5.41, 5.74) is 3.92. The molecule has 25 heavy (non-hydrogen) atoms. The summed E-state index contributed by atoms with van der Waals surface area (Å²) in [6.45, 7) is 5.94. The molecule has 2 aromatic rings. The van der Waals surface area contributed by atoms with Crippen LogP contribution in [0.4, 0.5) is 5.69 Å². The summed E-state index contributed by atoms with van der Waals surface area (Å²) in [6.07, 6.45) is 1.04.